The summed E-state index contributed by atoms with van der Waals surface area (Å²) in [6, 6.07) is 4.43. The third-order valence-corrected chi connectivity index (χ3v) is 5.16. The number of thiophene rings is 1. The summed E-state index contributed by atoms with van der Waals surface area (Å²) in [4.78, 5) is 29.8. The smallest absolute Gasteiger partial charge is 0.228 e. The minimum absolute atomic E-state index is 0.0851. The van der Waals surface area contributed by atoms with E-state index in [0.717, 1.165) is 17.7 Å². The lowest BCUT2D eigenvalue weighted by Crippen LogP contribution is -2.39. The molecule has 120 valence electrons. The van der Waals surface area contributed by atoms with Crippen molar-refractivity contribution in [1.82, 2.24) is 9.80 Å². The van der Waals surface area contributed by atoms with Crippen molar-refractivity contribution >= 4 is 23.2 Å². The Balaban J connectivity index is 1.64. The molecule has 22 heavy (non-hydrogen) atoms. The highest BCUT2D eigenvalue weighted by Crippen LogP contribution is 2.33. The Morgan fingerprint density at radius 3 is 2.95 bits per heavy atom. The van der Waals surface area contributed by atoms with Gasteiger partial charge in [0.15, 0.2) is 0 Å². The van der Waals surface area contributed by atoms with Crippen molar-refractivity contribution in [3.63, 3.8) is 0 Å². The summed E-state index contributed by atoms with van der Waals surface area (Å²) in [5.74, 6) is 0.0375. The van der Waals surface area contributed by atoms with Gasteiger partial charge in [-0.25, -0.2) is 0 Å². The summed E-state index contributed by atoms with van der Waals surface area (Å²) in [6.45, 7) is 2.29. The van der Waals surface area contributed by atoms with E-state index in [1.807, 2.05) is 27.3 Å². The largest absolute Gasteiger partial charge is 0.383 e. The van der Waals surface area contributed by atoms with Crippen LogP contribution in [0.2, 0.25) is 0 Å². The second-order valence-electron chi connectivity index (χ2n) is 6.01. The fourth-order valence-electron chi connectivity index (χ4n) is 2.95. The van der Waals surface area contributed by atoms with Crippen molar-refractivity contribution in [3.8, 4) is 0 Å². The topological polar surface area (TPSA) is 49.9 Å². The van der Waals surface area contributed by atoms with E-state index in [0.29, 0.717) is 38.7 Å². The number of rotatable bonds is 7. The Morgan fingerprint density at radius 2 is 2.32 bits per heavy atom. The van der Waals surface area contributed by atoms with Crippen LogP contribution in [0.3, 0.4) is 0 Å². The molecular weight excluding hydrogens is 300 g/mol. The molecule has 1 aliphatic heterocycles. The molecule has 0 aromatic carbocycles. The number of ether oxygens (including phenoxy) is 1. The van der Waals surface area contributed by atoms with E-state index in [4.69, 9.17) is 4.74 Å². The van der Waals surface area contributed by atoms with E-state index in [2.05, 4.69) is 0 Å². The number of amides is 2. The van der Waals surface area contributed by atoms with Crippen molar-refractivity contribution in [2.24, 2.45) is 5.92 Å². The van der Waals surface area contributed by atoms with Gasteiger partial charge in [0.1, 0.15) is 0 Å². The molecule has 1 saturated carbocycles. The minimum atomic E-state index is -0.190. The van der Waals surface area contributed by atoms with Gasteiger partial charge in [-0.2, -0.15) is 0 Å². The van der Waals surface area contributed by atoms with E-state index in [1.54, 1.807) is 18.4 Å². The number of methoxy groups -OCH3 is 1. The van der Waals surface area contributed by atoms with Crippen LogP contribution < -0.4 is 0 Å². The lowest BCUT2D eigenvalue weighted by molar-refractivity contribution is -0.137. The molecule has 0 N–H and O–H groups in total. The second-order valence-corrected chi connectivity index (χ2v) is 7.04. The standard InChI is InChI=1S/C16H22N2O3S/c1-21-7-6-17(11-14-3-2-8-22-14)16(20)12-9-15(19)18(10-12)13-4-5-13/h2-3,8,12-13H,4-7,9-11H2,1H3. The maximum Gasteiger partial charge on any atom is 0.228 e. The Bertz CT molecular complexity index is 528. The Hall–Kier alpha value is -1.40. The third kappa shape index (κ3) is 3.50. The summed E-state index contributed by atoms with van der Waals surface area (Å²) in [5.41, 5.74) is 0. The van der Waals surface area contributed by atoms with Crippen LogP contribution in [0.5, 0.6) is 0 Å². The molecule has 5 nitrogen and oxygen atoms in total. The Morgan fingerprint density at radius 1 is 1.50 bits per heavy atom. The molecule has 1 aliphatic carbocycles. The Kier molecular flexibility index (Phi) is 4.78. The summed E-state index contributed by atoms with van der Waals surface area (Å²) < 4.78 is 5.13. The number of likely N-dealkylation sites (tertiary alicyclic amines) is 1. The van der Waals surface area contributed by atoms with Gasteiger partial charge >= 0.3 is 0 Å². The summed E-state index contributed by atoms with van der Waals surface area (Å²) in [6.07, 6.45) is 2.55. The molecule has 0 spiro atoms. The van der Waals surface area contributed by atoms with Gasteiger partial charge in [0, 0.05) is 37.5 Å². The molecule has 3 rings (SSSR count). The number of hydrogen-bond donors (Lipinski definition) is 0. The van der Waals surface area contributed by atoms with Crippen LogP contribution in [0.15, 0.2) is 17.5 Å². The number of nitrogens with zero attached hydrogens (tertiary/aromatic N) is 2. The molecule has 2 heterocycles. The highest BCUT2D eigenvalue weighted by molar-refractivity contribution is 7.09. The van der Waals surface area contributed by atoms with E-state index >= 15 is 0 Å². The van der Waals surface area contributed by atoms with Crippen molar-refractivity contribution in [2.45, 2.75) is 31.8 Å². The first-order chi connectivity index (χ1) is 10.7. The fraction of sp³-hybridized carbons (Fsp3) is 0.625. The molecule has 1 unspecified atom stereocenters. The maximum absolute atomic E-state index is 12.8. The quantitative estimate of drug-likeness (QED) is 0.768. The van der Waals surface area contributed by atoms with E-state index in [-0.39, 0.29) is 17.7 Å². The van der Waals surface area contributed by atoms with Crippen molar-refractivity contribution in [1.29, 1.82) is 0 Å². The lowest BCUT2D eigenvalue weighted by Gasteiger charge is -2.25. The van der Waals surface area contributed by atoms with Crippen LogP contribution in [-0.4, -0.2) is 54.5 Å². The average molecular weight is 322 g/mol. The van der Waals surface area contributed by atoms with Crippen molar-refractivity contribution in [3.05, 3.63) is 22.4 Å². The first kappa shape index (κ1) is 15.5. The molecule has 6 heteroatoms. The van der Waals surface area contributed by atoms with Gasteiger partial charge in [-0.05, 0) is 24.3 Å². The first-order valence-corrected chi connectivity index (χ1v) is 8.66. The molecule has 1 aromatic heterocycles. The van der Waals surface area contributed by atoms with Crippen LogP contribution in [0.25, 0.3) is 0 Å². The number of hydrogen-bond acceptors (Lipinski definition) is 4. The highest BCUT2D eigenvalue weighted by Gasteiger charge is 2.42. The van der Waals surface area contributed by atoms with E-state index in [1.165, 1.54) is 0 Å². The third-order valence-electron chi connectivity index (χ3n) is 4.30. The monoisotopic (exact) mass is 322 g/mol. The summed E-state index contributed by atoms with van der Waals surface area (Å²) in [5, 5.41) is 2.02. The predicted molar refractivity (Wildman–Crippen MR) is 84.5 cm³/mol. The zero-order valence-corrected chi connectivity index (χ0v) is 13.7. The number of carbonyl (C=O) groups is 2. The second kappa shape index (κ2) is 6.79. The highest BCUT2D eigenvalue weighted by atomic mass is 32.1. The van der Waals surface area contributed by atoms with Crippen LogP contribution in [-0.2, 0) is 20.9 Å². The summed E-state index contributed by atoms with van der Waals surface area (Å²) in [7, 11) is 1.64. The minimum Gasteiger partial charge on any atom is -0.383 e. The van der Waals surface area contributed by atoms with Gasteiger partial charge in [-0.3, -0.25) is 9.59 Å². The zero-order chi connectivity index (χ0) is 15.5. The van der Waals surface area contributed by atoms with E-state index < -0.39 is 0 Å². The summed E-state index contributed by atoms with van der Waals surface area (Å²) >= 11 is 1.65. The van der Waals surface area contributed by atoms with Crippen LogP contribution in [0, 0.1) is 5.92 Å². The molecule has 0 radical (unpaired) electrons. The van der Waals surface area contributed by atoms with Crippen LogP contribution in [0.4, 0.5) is 0 Å². The SMILES string of the molecule is COCCN(Cc1cccs1)C(=O)C1CC(=O)N(C2CC2)C1. The van der Waals surface area contributed by atoms with Gasteiger partial charge in [0.05, 0.1) is 19.1 Å². The molecule has 2 amide bonds. The van der Waals surface area contributed by atoms with Crippen molar-refractivity contribution < 1.29 is 14.3 Å². The van der Waals surface area contributed by atoms with Gasteiger partial charge in [0.2, 0.25) is 11.8 Å². The molecule has 1 atom stereocenters. The molecule has 2 fully saturated rings. The first-order valence-electron chi connectivity index (χ1n) is 7.78. The average Bonchev–Trinajstić information content (AvgIpc) is 3.08. The predicted octanol–water partition coefficient (Wildman–Crippen LogP) is 1.73. The molecule has 1 aromatic rings. The maximum atomic E-state index is 12.8. The van der Waals surface area contributed by atoms with E-state index in [9.17, 15) is 9.59 Å². The van der Waals surface area contributed by atoms with Crippen LogP contribution >= 0.6 is 11.3 Å². The van der Waals surface area contributed by atoms with Gasteiger partial charge in [-0.15, -0.1) is 11.3 Å². The van der Waals surface area contributed by atoms with Gasteiger partial charge < -0.3 is 14.5 Å². The van der Waals surface area contributed by atoms with Gasteiger partial charge in [-0.1, -0.05) is 6.07 Å². The fourth-order valence-corrected chi connectivity index (χ4v) is 3.67. The molecule has 0 bridgehead atoms. The Labute approximate surface area is 134 Å². The molecular formula is C16H22N2O3S. The lowest BCUT2D eigenvalue weighted by atomic mass is 10.1. The van der Waals surface area contributed by atoms with Crippen LogP contribution in [0.1, 0.15) is 24.1 Å². The number of carbonyl (C=O) groups excluding carboxylic acids is 2. The molecule has 2 aliphatic rings. The molecule has 1 saturated heterocycles. The van der Waals surface area contributed by atoms with Crippen molar-refractivity contribution in [2.75, 3.05) is 26.8 Å². The van der Waals surface area contributed by atoms with Gasteiger partial charge in [0.25, 0.3) is 0 Å². The normalized spacial score (nSPS) is 21.4. The zero-order valence-electron chi connectivity index (χ0n) is 12.9.